The van der Waals surface area contributed by atoms with Crippen molar-refractivity contribution in [3.63, 3.8) is 0 Å². The lowest BCUT2D eigenvalue weighted by molar-refractivity contribution is 0.324. The van der Waals surface area contributed by atoms with Gasteiger partial charge in [0.15, 0.2) is 17.1 Å². The van der Waals surface area contributed by atoms with Crippen LogP contribution in [0.25, 0.3) is 11.0 Å². The maximum absolute atomic E-state index is 12.2. The highest BCUT2D eigenvalue weighted by Crippen LogP contribution is 2.37. The molecule has 0 aliphatic carbocycles. The molecule has 0 spiro atoms. The van der Waals surface area contributed by atoms with Crippen molar-refractivity contribution in [2.24, 2.45) is 5.10 Å². The fourth-order valence-electron chi connectivity index (χ4n) is 2.21. The van der Waals surface area contributed by atoms with Gasteiger partial charge in [0, 0.05) is 5.56 Å². The molecule has 3 rings (SSSR count). The first-order chi connectivity index (χ1) is 11.7. The molecule has 124 valence electrons. The normalized spacial score (nSPS) is 11.1. The van der Waals surface area contributed by atoms with E-state index in [9.17, 15) is 4.79 Å². The number of H-pyrrole nitrogens is 1. The fourth-order valence-corrected chi connectivity index (χ4v) is 2.21. The van der Waals surface area contributed by atoms with Gasteiger partial charge in [0.1, 0.15) is 11.7 Å². The molecule has 2 aromatic heterocycles. The number of nitrogens with one attached hydrogen (secondary N) is 1. The minimum atomic E-state index is -0.322. The highest BCUT2D eigenvalue weighted by atomic mass is 16.5. The first-order valence-electron chi connectivity index (χ1n) is 6.93. The summed E-state index contributed by atoms with van der Waals surface area (Å²) >= 11 is 0. The number of hydrogen-bond acceptors (Lipinski definition) is 7. The van der Waals surface area contributed by atoms with E-state index in [0.717, 1.165) is 4.68 Å². The molecule has 0 radical (unpaired) electrons. The highest BCUT2D eigenvalue weighted by Gasteiger charge is 2.12. The average Bonchev–Trinajstić information content (AvgIpc) is 3.09. The van der Waals surface area contributed by atoms with Gasteiger partial charge in [0.05, 0.1) is 33.7 Å². The zero-order valence-corrected chi connectivity index (χ0v) is 13.3. The van der Waals surface area contributed by atoms with Crippen LogP contribution in [0.1, 0.15) is 5.56 Å². The second-order valence-electron chi connectivity index (χ2n) is 4.73. The van der Waals surface area contributed by atoms with E-state index in [0.29, 0.717) is 33.8 Å². The number of nitrogens with zero attached hydrogens (tertiary/aromatic N) is 4. The molecule has 0 aliphatic rings. The Morgan fingerprint density at radius 3 is 2.50 bits per heavy atom. The van der Waals surface area contributed by atoms with Crippen molar-refractivity contribution < 1.29 is 14.2 Å². The quantitative estimate of drug-likeness (QED) is 0.701. The summed E-state index contributed by atoms with van der Waals surface area (Å²) in [6.45, 7) is 0. The molecule has 0 saturated carbocycles. The van der Waals surface area contributed by atoms with Crippen LogP contribution in [-0.4, -0.2) is 47.4 Å². The molecular weight excluding hydrogens is 314 g/mol. The average molecular weight is 329 g/mol. The molecule has 0 saturated heterocycles. The number of benzene rings is 1. The van der Waals surface area contributed by atoms with Crippen molar-refractivity contribution >= 4 is 17.2 Å². The van der Waals surface area contributed by atoms with Crippen LogP contribution in [-0.2, 0) is 0 Å². The topological polar surface area (TPSA) is 104 Å². The molecule has 9 nitrogen and oxygen atoms in total. The van der Waals surface area contributed by atoms with Gasteiger partial charge in [-0.2, -0.15) is 14.9 Å². The van der Waals surface area contributed by atoms with Crippen molar-refractivity contribution in [3.05, 3.63) is 40.6 Å². The maximum atomic E-state index is 12.2. The Bertz CT molecular complexity index is 935. The molecule has 0 atom stereocenters. The van der Waals surface area contributed by atoms with E-state index in [1.54, 1.807) is 12.1 Å². The van der Waals surface area contributed by atoms with Crippen molar-refractivity contribution in [1.82, 2.24) is 19.9 Å². The van der Waals surface area contributed by atoms with Crippen LogP contribution < -0.4 is 19.8 Å². The minimum Gasteiger partial charge on any atom is -0.493 e. The third-order valence-electron chi connectivity index (χ3n) is 3.37. The Hall–Kier alpha value is -3.36. The van der Waals surface area contributed by atoms with Crippen LogP contribution in [0.4, 0.5) is 0 Å². The number of aromatic nitrogens is 4. The smallest absolute Gasteiger partial charge is 0.285 e. The zero-order chi connectivity index (χ0) is 17.1. The Morgan fingerprint density at radius 1 is 1.17 bits per heavy atom. The first kappa shape index (κ1) is 15.5. The van der Waals surface area contributed by atoms with Crippen LogP contribution in [0.5, 0.6) is 17.2 Å². The SMILES string of the molecule is COc1cc(/C=N/n2cnc3[nH]ncc3c2=O)cc(OC)c1OC. The third kappa shape index (κ3) is 2.67. The molecule has 0 unspecified atom stereocenters. The van der Waals surface area contributed by atoms with E-state index < -0.39 is 0 Å². The van der Waals surface area contributed by atoms with E-state index in [4.69, 9.17) is 14.2 Å². The summed E-state index contributed by atoms with van der Waals surface area (Å²) in [6.07, 6.45) is 4.23. The van der Waals surface area contributed by atoms with Crippen LogP contribution >= 0.6 is 0 Å². The Balaban J connectivity index is 2.01. The van der Waals surface area contributed by atoms with Gasteiger partial charge in [-0.05, 0) is 12.1 Å². The molecule has 24 heavy (non-hydrogen) atoms. The van der Waals surface area contributed by atoms with Gasteiger partial charge >= 0.3 is 0 Å². The molecule has 1 N–H and O–H groups in total. The van der Waals surface area contributed by atoms with E-state index in [1.807, 2.05) is 0 Å². The van der Waals surface area contributed by atoms with Gasteiger partial charge in [-0.3, -0.25) is 9.89 Å². The monoisotopic (exact) mass is 329 g/mol. The van der Waals surface area contributed by atoms with Crippen molar-refractivity contribution in [2.75, 3.05) is 21.3 Å². The zero-order valence-electron chi connectivity index (χ0n) is 13.3. The van der Waals surface area contributed by atoms with E-state index >= 15 is 0 Å². The van der Waals surface area contributed by atoms with Gasteiger partial charge in [-0.1, -0.05) is 0 Å². The van der Waals surface area contributed by atoms with Crippen molar-refractivity contribution in [3.8, 4) is 17.2 Å². The predicted octanol–water partition coefficient (Wildman–Crippen LogP) is 1.03. The van der Waals surface area contributed by atoms with Crippen LogP contribution in [0, 0.1) is 0 Å². The number of fused-ring (bicyclic) bond motifs is 1. The lowest BCUT2D eigenvalue weighted by Crippen LogP contribution is -2.16. The second kappa shape index (κ2) is 6.41. The summed E-state index contributed by atoms with van der Waals surface area (Å²) in [5.74, 6) is 1.47. The number of methoxy groups -OCH3 is 3. The van der Waals surface area contributed by atoms with Crippen molar-refractivity contribution in [2.45, 2.75) is 0 Å². The molecule has 0 fully saturated rings. The lowest BCUT2D eigenvalue weighted by Gasteiger charge is -2.12. The largest absolute Gasteiger partial charge is 0.493 e. The molecule has 2 heterocycles. The Kier molecular flexibility index (Phi) is 4.15. The molecule has 1 aromatic carbocycles. The third-order valence-corrected chi connectivity index (χ3v) is 3.37. The van der Waals surface area contributed by atoms with E-state index in [-0.39, 0.29) is 5.56 Å². The number of hydrogen-bond donors (Lipinski definition) is 1. The summed E-state index contributed by atoms with van der Waals surface area (Å²) in [7, 11) is 4.58. The Morgan fingerprint density at radius 2 is 1.88 bits per heavy atom. The summed E-state index contributed by atoms with van der Waals surface area (Å²) in [4.78, 5) is 16.3. The van der Waals surface area contributed by atoms with E-state index in [1.165, 1.54) is 40.1 Å². The summed E-state index contributed by atoms with van der Waals surface area (Å²) < 4.78 is 17.0. The number of aromatic amines is 1. The number of ether oxygens (including phenoxy) is 3. The summed E-state index contributed by atoms with van der Waals surface area (Å²) in [5, 5.41) is 10.9. The molecular formula is C15H15N5O4. The second-order valence-corrected chi connectivity index (χ2v) is 4.73. The maximum Gasteiger partial charge on any atom is 0.285 e. The predicted molar refractivity (Wildman–Crippen MR) is 87.2 cm³/mol. The van der Waals surface area contributed by atoms with Gasteiger partial charge in [-0.15, -0.1) is 0 Å². The highest BCUT2D eigenvalue weighted by molar-refractivity contribution is 5.82. The molecule has 9 heteroatoms. The van der Waals surface area contributed by atoms with Gasteiger partial charge in [0.2, 0.25) is 5.75 Å². The van der Waals surface area contributed by atoms with E-state index in [2.05, 4.69) is 20.3 Å². The van der Waals surface area contributed by atoms with Gasteiger partial charge in [0.25, 0.3) is 5.56 Å². The Labute approximate surface area is 136 Å². The molecule has 0 amide bonds. The lowest BCUT2D eigenvalue weighted by atomic mass is 10.2. The van der Waals surface area contributed by atoms with Crippen molar-refractivity contribution in [1.29, 1.82) is 0 Å². The molecule has 3 aromatic rings. The summed E-state index contributed by atoms with van der Waals surface area (Å²) in [5.41, 5.74) is 0.764. The molecule has 0 aliphatic heterocycles. The minimum absolute atomic E-state index is 0.322. The van der Waals surface area contributed by atoms with Crippen LogP contribution in [0.15, 0.2) is 34.6 Å². The number of rotatable bonds is 5. The molecule has 0 bridgehead atoms. The summed E-state index contributed by atoms with van der Waals surface area (Å²) in [6, 6.07) is 3.44. The first-order valence-corrected chi connectivity index (χ1v) is 6.93. The standard InChI is InChI=1S/C15H15N5O4/c1-22-11-4-9(5-12(23-2)13(11)24-3)6-18-20-8-16-14-10(15(20)21)7-17-19-14/h4-8H,1-3H3,(H,17,19)/b18-6+. The van der Waals surface area contributed by atoms with Gasteiger partial charge in [-0.25, -0.2) is 4.98 Å². The fraction of sp³-hybridized carbons (Fsp3) is 0.200. The van der Waals surface area contributed by atoms with Crippen LogP contribution in [0.2, 0.25) is 0 Å². The van der Waals surface area contributed by atoms with Crippen LogP contribution in [0.3, 0.4) is 0 Å². The van der Waals surface area contributed by atoms with Gasteiger partial charge < -0.3 is 14.2 Å².